The lowest BCUT2D eigenvalue weighted by atomic mass is 10.0. The van der Waals surface area contributed by atoms with Crippen molar-refractivity contribution in [3.8, 4) is 11.3 Å². The summed E-state index contributed by atoms with van der Waals surface area (Å²) in [6.07, 6.45) is 0.382. The predicted molar refractivity (Wildman–Crippen MR) is 121 cm³/mol. The second-order valence-electron chi connectivity index (χ2n) is 7.99. The first kappa shape index (κ1) is 20.9. The van der Waals surface area contributed by atoms with Gasteiger partial charge in [0.05, 0.1) is 21.8 Å². The maximum absolute atomic E-state index is 13.2. The molecule has 0 aliphatic carbocycles. The van der Waals surface area contributed by atoms with Crippen LogP contribution in [0.3, 0.4) is 0 Å². The van der Waals surface area contributed by atoms with Crippen LogP contribution in [0.25, 0.3) is 11.3 Å². The molecule has 0 spiro atoms. The molecule has 0 saturated carbocycles. The number of aromatic nitrogens is 1. The van der Waals surface area contributed by atoms with Crippen LogP contribution >= 0.6 is 11.3 Å². The number of carbonyl (C=O) groups is 3. The van der Waals surface area contributed by atoms with E-state index in [1.54, 1.807) is 47.7 Å². The van der Waals surface area contributed by atoms with Gasteiger partial charge in [0.2, 0.25) is 5.91 Å². The normalized spacial score (nSPS) is 14.1. The Labute approximate surface area is 184 Å². The summed E-state index contributed by atoms with van der Waals surface area (Å²) in [5.74, 6) is -1.10. The summed E-state index contributed by atoms with van der Waals surface area (Å²) < 4.78 is 0. The molecule has 0 saturated heterocycles. The first-order valence-corrected chi connectivity index (χ1v) is 11.0. The molecule has 158 valence electrons. The van der Waals surface area contributed by atoms with E-state index in [0.29, 0.717) is 23.2 Å². The molecule has 3 amide bonds. The topological polar surface area (TPSA) is 79.4 Å². The van der Waals surface area contributed by atoms with Crippen molar-refractivity contribution < 1.29 is 14.4 Å². The van der Waals surface area contributed by atoms with Gasteiger partial charge in [-0.3, -0.25) is 19.3 Å². The van der Waals surface area contributed by atoms with Crippen molar-refractivity contribution in [1.29, 1.82) is 0 Å². The lowest BCUT2D eigenvalue weighted by molar-refractivity contribution is -0.120. The first-order valence-electron chi connectivity index (χ1n) is 10.2. The largest absolute Gasteiger partial charge is 0.324 e. The van der Waals surface area contributed by atoms with Crippen molar-refractivity contribution >= 4 is 34.7 Å². The summed E-state index contributed by atoms with van der Waals surface area (Å²) in [4.78, 5) is 44.6. The minimum atomic E-state index is -0.881. The van der Waals surface area contributed by atoms with Gasteiger partial charge in [-0.25, -0.2) is 4.98 Å². The molecule has 1 aliphatic heterocycles. The molecule has 2 aromatic carbocycles. The Morgan fingerprint density at radius 3 is 2.16 bits per heavy atom. The Kier molecular flexibility index (Phi) is 5.69. The number of rotatable bonds is 6. The third kappa shape index (κ3) is 4.14. The van der Waals surface area contributed by atoms with E-state index in [1.807, 2.05) is 38.3 Å². The van der Waals surface area contributed by atoms with Crippen molar-refractivity contribution in [3.05, 3.63) is 70.0 Å². The summed E-state index contributed by atoms with van der Waals surface area (Å²) in [6, 6.07) is 13.2. The highest BCUT2D eigenvalue weighted by Gasteiger charge is 2.42. The number of hydrogen-bond acceptors (Lipinski definition) is 5. The molecule has 6 nitrogen and oxygen atoms in total. The number of aryl methyl sites for hydroxylation is 1. The summed E-state index contributed by atoms with van der Waals surface area (Å²) >= 11 is 1.58. The molecule has 2 heterocycles. The Morgan fingerprint density at radius 2 is 1.65 bits per heavy atom. The van der Waals surface area contributed by atoms with Crippen LogP contribution in [0.4, 0.5) is 5.69 Å². The molecule has 31 heavy (non-hydrogen) atoms. The minimum Gasteiger partial charge on any atom is -0.324 e. The van der Waals surface area contributed by atoms with Crippen LogP contribution in [0.5, 0.6) is 0 Å². The fourth-order valence-electron chi connectivity index (χ4n) is 3.71. The van der Waals surface area contributed by atoms with Crippen LogP contribution in [0.15, 0.2) is 53.9 Å². The third-order valence-corrected chi connectivity index (χ3v) is 5.98. The summed E-state index contributed by atoms with van der Waals surface area (Å²) in [5, 5.41) is 5.85. The Hall–Kier alpha value is -3.32. The van der Waals surface area contributed by atoms with Gasteiger partial charge < -0.3 is 5.32 Å². The zero-order chi connectivity index (χ0) is 22.1. The van der Waals surface area contributed by atoms with E-state index in [-0.39, 0.29) is 11.8 Å². The average Bonchev–Trinajstić information content (AvgIpc) is 3.29. The minimum absolute atomic E-state index is 0.121. The molecule has 0 bridgehead atoms. The standard InChI is InChI=1S/C24H23N3O3S/c1-14(2)12-21(27-23(29)18-6-4-5-7-19(18)24(27)30)22(28)26-17-10-8-16(9-11-17)20-13-31-15(3)25-20/h4-11,13-14,21H,12H2,1-3H3,(H,26,28). The number of hydrogen-bond donors (Lipinski definition) is 1. The lowest BCUT2D eigenvalue weighted by Crippen LogP contribution is -2.47. The Bertz CT molecular complexity index is 1120. The summed E-state index contributed by atoms with van der Waals surface area (Å²) in [7, 11) is 0. The van der Waals surface area contributed by atoms with Gasteiger partial charge in [0.25, 0.3) is 11.8 Å². The molecule has 7 heteroatoms. The van der Waals surface area contributed by atoms with Gasteiger partial charge in [0, 0.05) is 16.6 Å². The van der Waals surface area contributed by atoms with Crippen LogP contribution in [-0.4, -0.2) is 33.6 Å². The number of imide groups is 1. The van der Waals surface area contributed by atoms with E-state index >= 15 is 0 Å². The zero-order valence-corrected chi connectivity index (χ0v) is 18.4. The highest BCUT2D eigenvalue weighted by molar-refractivity contribution is 7.09. The van der Waals surface area contributed by atoms with Gasteiger partial charge in [-0.15, -0.1) is 11.3 Å². The van der Waals surface area contributed by atoms with Crippen LogP contribution < -0.4 is 5.32 Å². The molecular weight excluding hydrogens is 410 g/mol. The zero-order valence-electron chi connectivity index (χ0n) is 17.6. The maximum atomic E-state index is 13.2. The Balaban J connectivity index is 1.55. The van der Waals surface area contributed by atoms with E-state index in [2.05, 4.69) is 10.3 Å². The van der Waals surface area contributed by atoms with Crippen molar-refractivity contribution in [2.75, 3.05) is 5.32 Å². The van der Waals surface area contributed by atoms with Crippen LogP contribution in [0.2, 0.25) is 0 Å². The molecule has 1 aromatic heterocycles. The first-order chi connectivity index (χ1) is 14.8. The molecule has 1 N–H and O–H groups in total. The van der Waals surface area contributed by atoms with Gasteiger partial charge in [0.1, 0.15) is 6.04 Å². The van der Waals surface area contributed by atoms with Gasteiger partial charge in [0.15, 0.2) is 0 Å². The fraction of sp³-hybridized carbons (Fsp3) is 0.250. The van der Waals surface area contributed by atoms with Crippen LogP contribution in [-0.2, 0) is 4.79 Å². The summed E-state index contributed by atoms with van der Waals surface area (Å²) in [6.45, 7) is 5.88. The van der Waals surface area contributed by atoms with E-state index < -0.39 is 17.9 Å². The second-order valence-corrected chi connectivity index (χ2v) is 9.05. The molecule has 1 atom stereocenters. The smallest absolute Gasteiger partial charge is 0.262 e. The molecule has 1 unspecified atom stereocenters. The number of carbonyl (C=O) groups excluding carboxylic acids is 3. The number of thiazole rings is 1. The number of fused-ring (bicyclic) bond motifs is 1. The van der Waals surface area contributed by atoms with E-state index in [9.17, 15) is 14.4 Å². The number of amides is 3. The number of anilines is 1. The van der Waals surface area contributed by atoms with Crippen LogP contribution in [0.1, 0.15) is 46.0 Å². The fourth-order valence-corrected chi connectivity index (χ4v) is 4.34. The second kappa shape index (κ2) is 8.43. The average molecular weight is 434 g/mol. The van der Waals surface area contributed by atoms with Crippen LogP contribution in [0, 0.1) is 12.8 Å². The lowest BCUT2D eigenvalue weighted by Gasteiger charge is -2.26. The molecular formula is C24H23N3O3S. The van der Waals surface area contributed by atoms with Crippen molar-refractivity contribution in [2.45, 2.75) is 33.2 Å². The number of nitrogens with one attached hydrogen (secondary N) is 1. The van der Waals surface area contributed by atoms with Gasteiger partial charge >= 0.3 is 0 Å². The third-order valence-electron chi connectivity index (χ3n) is 5.20. The van der Waals surface area contributed by atoms with Crippen molar-refractivity contribution in [2.24, 2.45) is 5.92 Å². The van der Waals surface area contributed by atoms with E-state index in [1.165, 1.54) is 0 Å². The highest BCUT2D eigenvalue weighted by Crippen LogP contribution is 2.28. The van der Waals surface area contributed by atoms with E-state index in [4.69, 9.17) is 0 Å². The monoisotopic (exact) mass is 433 g/mol. The molecule has 1 aliphatic rings. The predicted octanol–water partition coefficient (Wildman–Crippen LogP) is 4.77. The molecule has 0 radical (unpaired) electrons. The van der Waals surface area contributed by atoms with Gasteiger partial charge in [-0.05, 0) is 43.5 Å². The Morgan fingerprint density at radius 1 is 1.03 bits per heavy atom. The number of nitrogens with zero attached hydrogens (tertiary/aromatic N) is 2. The van der Waals surface area contributed by atoms with E-state index in [0.717, 1.165) is 21.2 Å². The molecule has 0 fully saturated rings. The van der Waals surface area contributed by atoms with Gasteiger partial charge in [-0.1, -0.05) is 38.1 Å². The van der Waals surface area contributed by atoms with Crippen molar-refractivity contribution in [1.82, 2.24) is 9.88 Å². The van der Waals surface area contributed by atoms with Gasteiger partial charge in [-0.2, -0.15) is 0 Å². The maximum Gasteiger partial charge on any atom is 0.262 e. The van der Waals surface area contributed by atoms with Crippen molar-refractivity contribution in [3.63, 3.8) is 0 Å². The molecule has 3 aromatic rings. The quantitative estimate of drug-likeness (QED) is 0.568. The molecule has 4 rings (SSSR count). The summed E-state index contributed by atoms with van der Waals surface area (Å²) in [5.41, 5.74) is 3.14. The highest BCUT2D eigenvalue weighted by atomic mass is 32.1. The SMILES string of the molecule is Cc1nc(-c2ccc(NC(=O)C(CC(C)C)N3C(=O)c4ccccc4C3=O)cc2)cs1. The number of benzene rings is 2.